The third-order valence-corrected chi connectivity index (χ3v) is 7.06. The molecule has 2 aromatic carbocycles. The van der Waals surface area contributed by atoms with Crippen molar-refractivity contribution in [2.75, 3.05) is 31.1 Å². The quantitative estimate of drug-likeness (QED) is 0.437. The zero-order valence-electron chi connectivity index (χ0n) is 18.4. The molecule has 3 heterocycles. The van der Waals surface area contributed by atoms with Crippen molar-refractivity contribution in [3.63, 3.8) is 0 Å². The van der Waals surface area contributed by atoms with Gasteiger partial charge in [-0.05, 0) is 56.2 Å². The molecule has 2 aromatic heterocycles. The maximum atomic E-state index is 13.6. The summed E-state index contributed by atoms with van der Waals surface area (Å²) in [6, 6.07) is 11.4. The van der Waals surface area contributed by atoms with Crippen LogP contribution in [0, 0.1) is 25.5 Å². The van der Waals surface area contributed by atoms with Crippen molar-refractivity contribution in [3.8, 4) is 5.69 Å². The van der Waals surface area contributed by atoms with Gasteiger partial charge in [-0.3, -0.25) is 4.79 Å². The molecule has 33 heavy (non-hydrogen) atoms. The van der Waals surface area contributed by atoms with Gasteiger partial charge in [-0.2, -0.15) is 10.1 Å². The SMILES string of the molecule is Cc1cccc(-n2nc(C)c3sc(N4CCCN(C(=O)c5ccc(F)c(F)c5)CC4)nc32)c1. The molecule has 0 unspecified atom stereocenters. The number of nitrogens with zero attached hydrogens (tertiary/aromatic N) is 5. The van der Waals surface area contributed by atoms with Crippen molar-refractivity contribution < 1.29 is 13.6 Å². The Kier molecular flexibility index (Phi) is 5.57. The number of halogens is 2. The number of thiazole rings is 1. The van der Waals surface area contributed by atoms with E-state index in [9.17, 15) is 13.6 Å². The molecule has 1 aliphatic heterocycles. The fourth-order valence-electron chi connectivity index (χ4n) is 4.12. The number of carbonyl (C=O) groups is 1. The van der Waals surface area contributed by atoms with E-state index in [1.165, 1.54) is 6.07 Å². The van der Waals surface area contributed by atoms with Crippen LogP contribution in [0.2, 0.25) is 0 Å². The Bertz CT molecular complexity index is 1350. The summed E-state index contributed by atoms with van der Waals surface area (Å²) in [5, 5.41) is 5.58. The Morgan fingerprint density at radius 1 is 1.00 bits per heavy atom. The van der Waals surface area contributed by atoms with Crippen LogP contribution in [0.15, 0.2) is 42.5 Å². The van der Waals surface area contributed by atoms with Gasteiger partial charge in [0.25, 0.3) is 5.91 Å². The minimum atomic E-state index is -1.01. The second kappa shape index (κ2) is 8.55. The Morgan fingerprint density at radius 2 is 1.85 bits per heavy atom. The fraction of sp³-hybridized carbons (Fsp3) is 0.292. The largest absolute Gasteiger partial charge is 0.346 e. The van der Waals surface area contributed by atoms with Gasteiger partial charge >= 0.3 is 0 Å². The summed E-state index contributed by atoms with van der Waals surface area (Å²) in [5.41, 5.74) is 4.06. The average Bonchev–Trinajstić information content (AvgIpc) is 3.26. The second-order valence-corrected chi connectivity index (χ2v) is 9.22. The van der Waals surface area contributed by atoms with Crippen LogP contribution in [0.25, 0.3) is 16.0 Å². The van der Waals surface area contributed by atoms with Crippen molar-refractivity contribution >= 4 is 32.7 Å². The first-order chi connectivity index (χ1) is 15.9. The molecular formula is C24H23F2N5OS. The van der Waals surface area contributed by atoms with Gasteiger partial charge in [-0.25, -0.2) is 13.5 Å². The van der Waals surface area contributed by atoms with Crippen LogP contribution < -0.4 is 4.90 Å². The number of hydrogen-bond donors (Lipinski definition) is 0. The monoisotopic (exact) mass is 467 g/mol. The lowest BCUT2D eigenvalue weighted by molar-refractivity contribution is 0.0766. The third-order valence-electron chi connectivity index (χ3n) is 5.84. The Morgan fingerprint density at radius 3 is 2.64 bits per heavy atom. The molecule has 1 aliphatic rings. The highest BCUT2D eigenvalue weighted by molar-refractivity contribution is 7.22. The highest BCUT2D eigenvalue weighted by Gasteiger charge is 2.24. The number of fused-ring (bicyclic) bond motifs is 1. The molecule has 1 fully saturated rings. The lowest BCUT2D eigenvalue weighted by atomic mass is 10.2. The minimum absolute atomic E-state index is 0.163. The zero-order valence-corrected chi connectivity index (χ0v) is 19.2. The standard InChI is InChI=1S/C24H23F2N5OS/c1-15-5-3-6-18(13-15)31-22-21(16(2)28-31)33-24(27-22)30-10-4-9-29(11-12-30)23(32)17-7-8-19(25)20(26)14-17/h3,5-8,13-14H,4,9-12H2,1-2H3. The summed E-state index contributed by atoms with van der Waals surface area (Å²) in [7, 11) is 0. The first kappa shape index (κ1) is 21.5. The van der Waals surface area contributed by atoms with E-state index in [1.807, 2.05) is 36.7 Å². The first-order valence-corrected chi connectivity index (χ1v) is 11.6. The molecule has 4 aromatic rings. The van der Waals surface area contributed by atoms with Crippen molar-refractivity contribution in [2.45, 2.75) is 20.3 Å². The molecule has 0 radical (unpaired) electrons. The minimum Gasteiger partial charge on any atom is -0.346 e. The molecule has 0 atom stereocenters. The summed E-state index contributed by atoms with van der Waals surface area (Å²) < 4.78 is 29.7. The number of benzene rings is 2. The molecule has 0 spiro atoms. The van der Waals surface area contributed by atoms with Gasteiger partial charge in [0.2, 0.25) is 0 Å². The van der Waals surface area contributed by atoms with Crippen molar-refractivity contribution in [1.82, 2.24) is 19.7 Å². The summed E-state index contributed by atoms with van der Waals surface area (Å²) in [6.07, 6.45) is 0.758. The van der Waals surface area contributed by atoms with Gasteiger partial charge in [0.15, 0.2) is 22.4 Å². The van der Waals surface area contributed by atoms with Crippen LogP contribution in [0.1, 0.15) is 28.0 Å². The predicted molar refractivity (Wildman–Crippen MR) is 125 cm³/mol. The van der Waals surface area contributed by atoms with Crippen LogP contribution in [0.4, 0.5) is 13.9 Å². The van der Waals surface area contributed by atoms with E-state index in [-0.39, 0.29) is 11.5 Å². The van der Waals surface area contributed by atoms with Crippen LogP contribution in [-0.2, 0) is 0 Å². The number of aryl methyl sites for hydroxylation is 2. The molecule has 170 valence electrons. The summed E-state index contributed by atoms with van der Waals surface area (Å²) in [4.78, 5) is 21.6. The Hall–Kier alpha value is -3.33. The first-order valence-electron chi connectivity index (χ1n) is 10.8. The number of hydrogen-bond acceptors (Lipinski definition) is 5. The molecule has 0 aliphatic carbocycles. The molecule has 0 bridgehead atoms. The number of anilines is 1. The highest BCUT2D eigenvalue weighted by atomic mass is 32.1. The fourth-order valence-corrected chi connectivity index (χ4v) is 5.16. The maximum Gasteiger partial charge on any atom is 0.254 e. The molecule has 0 saturated carbocycles. The van der Waals surface area contributed by atoms with Crippen LogP contribution in [0.3, 0.4) is 0 Å². The van der Waals surface area contributed by atoms with Gasteiger partial charge < -0.3 is 9.80 Å². The Labute approximate surface area is 194 Å². The predicted octanol–water partition coefficient (Wildman–Crippen LogP) is 4.73. The molecule has 5 rings (SSSR count). The highest BCUT2D eigenvalue weighted by Crippen LogP contribution is 2.33. The van der Waals surface area contributed by atoms with E-state index in [2.05, 4.69) is 16.1 Å². The number of rotatable bonds is 3. The lowest BCUT2D eigenvalue weighted by Gasteiger charge is -2.21. The van der Waals surface area contributed by atoms with Crippen molar-refractivity contribution in [3.05, 3.63) is 70.9 Å². The summed E-state index contributed by atoms with van der Waals surface area (Å²) >= 11 is 1.61. The summed E-state index contributed by atoms with van der Waals surface area (Å²) in [5.74, 6) is -2.25. The van der Waals surface area contributed by atoms with E-state index in [0.717, 1.165) is 57.5 Å². The van der Waals surface area contributed by atoms with Crippen molar-refractivity contribution in [2.24, 2.45) is 0 Å². The molecule has 1 amide bonds. The molecular weight excluding hydrogens is 444 g/mol. The number of amides is 1. The van der Waals surface area contributed by atoms with E-state index in [1.54, 1.807) is 16.2 Å². The molecule has 6 nitrogen and oxygen atoms in total. The molecule has 1 saturated heterocycles. The van der Waals surface area contributed by atoms with Crippen LogP contribution >= 0.6 is 11.3 Å². The topological polar surface area (TPSA) is 54.3 Å². The zero-order chi connectivity index (χ0) is 23.1. The summed E-state index contributed by atoms with van der Waals surface area (Å²) in [6.45, 7) is 6.44. The van der Waals surface area contributed by atoms with Crippen LogP contribution in [-0.4, -0.2) is 51.8 Å². The number of carbonyl (C=O) groups excluding carboxylic acids is 1. The van der Waals surface area contributed by atoms with E-state index in [0.29, 0.717) is 19.6 Å². The van der Waals surface area contributed by atoms with Crippen molar-refractivity contribution in [1.29, 1.82) is 0 Å². The van der Waals surface area contributed by atoms with Gasteiger partial charge in [-0.1, -0.05) is 23.5 Å². The van der Waals surface area contributed by atoms with Gasteiger partial charge in [-0.15, -0.1) is 0 Å². The Balaban J connectivity index is 1.37. The maximum absolute atomic E-state index is 13.6. The molecule has 0 N–H and O–H groups in total. The molecule has 9 heteroatoms. The van der Waals surface area contributed by atoms with Gasteiger partial charge in [0.1, 0.15) is 0 Å². The number of aromatic nitrogens is 3. The smallest absolute Gasteiger partial charge is 0.254 e. The van der Waals surface area contributed by atoms with E-state index >= 15 is 0 Å². The van der Waals surface area contributed by atoms with Crippen LogP contribution in [0.5, 0.6) is 0 Å². The average molecular weight is 468 g/mol. The third kappa shape index (κ3) is 4.08. The van der Waals surface area contributed by atoms with E-state index < -0.39 is 11.6 Å². The van der Waals surface area contributed by atoms with Gasteiger partial charge in [0.05, 0.1) is 16.1 Å². The lowest BCUT2D eigenvalue weighted by Crippen LogP contribution is -2.35. The van der Waals surface area contributed by atoms with Gasteiger partial charge in [0, 0.05) is 31.7 Å². The second-order valence-electron chi connectivity index (χ2n) is 8.25. The van der Waals surface area contributed by atoms with E-state index in [4.69, 9.17) is 4.98 Å². The normalized spacial score (nSPS) is 14.7.